The van der Waals surface area contributed by atoms with Crippen LogP contribution in [0.1, 0.15) is 11.1 Å². The molecule has 0 aromatic heterocycles. The van der Waals surface area contributed by atoms with Gasteiger partial charge in [0.05, 0.1) is 13.7 Å². The predicted molar refractivity (Wildman–Crippen MR) is 65.9 cm³/mol. The lowest BCUT2D eigenvalue weighted by atomic mass is 10.1. The molecule has 1 rings (SSSR count). The van der Waals surface area contributed by atoms with E-state index in [0.717, 1.165) is 16.9 Å². The first kappa shape index (κ1) is 14.7. The molecule has 0 radical (unpaired) electrons. The van der Waals surface area contributed by atoms with Crippen LogP contribution in [0.15, 0.2) is 18.2 Å². The van der Waals surface area contributed by atoms with Crippen LogP contribution in [-0.4, -0.2) is 19.6 Å². The number of carbonyl (C=O) groups is 1. The van der Waals surface area contributed by atoms with Crippen molar-refractivity contribution < 1.29 is 9.53 Å². The third-order valence-electron chi connectivity index (χ3n) is 2.10. The first-order valence-electron chi connectivity index (χ1n) is 4.77. The molecule has 90 valence electrons. The number of nitrogens with two attached hydrogens (primary N) is 1. The number of halogens is 1. The van der Waals surface area contributed by atoms with Crippen LogP contribution in [0.3, 0.4) is 0 Å². The summed E-state index contributed by atoms with van der Waals surface area (Å²) in [6, 6.07) is 5.85. The lowest BCUT2D eigenvalue weighted by Crippen LogP contribution is -2.29. The van der Waals surface area contributed by atoms with Crippen molar-refractivity contribution in [2.45, 2.75) is 13.5 Å². The molecule has 0 unspecified atom stereocenters. The molecule has 16 heavy (non-hydrogen) atoms. The zero-order chi connectivity index (χ0) is 11.3. The second-order valence-electron chi connectivity index (χ2n) is 3.30. The van der Waals surface area contributed by atoms with Crippen LogP contribution in [-0.2, 0) is 11.3 Å². The van der Waals surface area contributed by atoms with E-state index in [9.17, 15) is 4.79 Å². The monoisotopic (exact) mass is 244 g/mol. The summed E-state index contributed by atoms with van der Waals surface area (Å²) in [4.78, 5) is 11.0. The molecule has 0 aliphatic rings. The van der Waals surface area contributed by atoms with E-state index in [2.05, 4.69) is 5.32 Å². The van der Waals surface area contributed by atoms with Gasteiger partial charge in [-0.3, -0.25) is 4.79 Å². The fraction of sp³-hybridized carbons (Fsp3) is 0.364. The molecule has 5 heteroatoms. The number of nitrogens with one attached hydrogen (secondary N) is 1. The van der Waals surface area contributed by atoms with Crippen LogP contribution < -0.4 is 15.8 Å². The zero-order valence-electron chi connectivity index (χ0n) is 9.45. The molecule has 0 aliphatic carbocycles. The van der Waals surface area contributed by atoms with Crippen LogP contribution >= 0.6 is 12.4 Å². The van der Waals surface area contributed by atoms with E-state index in [4.69, 9.17) is 10.5 Å². The number of amides is 1. The lowest BCUT2D eigenvalue weighted by Gasteiger charge is -2.09. The summed E-state index contributed by atoms with van der Waals surface area (Å²) in [6.45, 7) is 2.44. The fourth-order valence-electron chi connectivity index (χ4n) is 1.26. The Morgan fingerprint density at radius 1 is 1.50 bits per heavy atom. The SMILES string of the molecule is COc1cc(C)ccc1CNC(=O)CN.Cl. The second-order valence-corrected chi connectivity index (χ2v) is 3.30. The summed E-state index contributed by atoms with van der Waals surface area (Å²) >= 11 is 0. The zero-order valence-corrected chi connectivity index (χ0v) is 10.3. The van der Waals surface area contributed by atoms with E-state index in [-0.39, 0.29) is 24.9 Å². The summed E-state index contributed by atoms with van der Waals surface area (Å²) in [5.74, 6) is 0.616. The van der Waals surface area contributed by atoms with Gasteiger partial charge in [-0.2, -0.15) is 0 Å². The smallest absolute Gasteiger partial charge is 0.234 e. The van der Waals surface area contributed by atoms with Crippen LogP contribution in [0.25, 0.3) is 0 Å². The number of rotatable bonds is 4. The number of benzene rings is 1. The highest BCUT2D eigenvalue weighted by atomic mass is 35.5. The molecule has 1 amide bonds. The van der Waals surface area contributed by atoms with Gasteiger partial charge in [0, 0.05) is 12.1 Å². The van der Waals surface area contributed by atoms with Crippen molar-refractivity contribution in [2.24, 2.45) is 5.73 Å². The summed E-state index contributed by atoms with van der Waals surface area (Å²) in [5.41, 5.74) is 7.26. The maximum Gasteiger partial charge on any atom is 0.234 e. The van der Waals surface area contributed by atoms with E-state index >= 15 is 0 Å². The number of aryl methyl sites for hydroxylation is 1. The highest BCUT2D eigenvalue weighted by Gasteiger charge is 2.04. The largest absolute Gasteiger partial charge is 0.496 e. The van der Waals surface area contributed by atoms with Gasteiger partial charge in [0.1, 0.15) is 5.75 Å². The van der Waals surface area contributed by atoms with Crippen molar-refractivity contribution in [1.29, 1.82) is 0 Å². The highest BCUT2D eigenvalue weighted by Crippen LogP contribution is 2.19. The van der Waals surface area contributed by atoms with Gasteiger partial charge in [-0.1, -0.05) is 12.1 Å². The molecule has 0 bridgehead atoms. The van der Waals surface area contributed by atoms with Crippen LogP contribution in [0.2, 0.25) is 0 Å². The molecule has 0 atom stereocenters. The minimum atomic E-state index is -0.169. The quantitative estimate of drug-likeness (QED) is 0.831. The van der Waals surface area contributed by atoms with Gasteiger partial charge >= 0.3 is 0 Å². The van der Waals surface area contributed by atoms with Crippen molar-refractivity contribution >= 4 is 18.3 Å². The summed E-state index contributed by atoms with van der Waals surface area (Å²) in [7, 11) is 1.61. The molecular formula is C11H17ClN2O2. The Bertz CT molecular complexity index is 356. The van der Waals surface area contributed by atoms with Gasteiger partial charge in [0.2, 0.25) is 5.91 Å². The molecule has 1 aromatic carbocycles. The van der Waals surface area contributed by atoms with Gasteiger partial charge in [-0.15, -0.1) is 12.4 Å². The molecule has 0 fully saturated rings. The molecule has 0 saturated heterocycles. The molecule has 1 aromatic rings. The second kappa shape index (κ2) is 7.09. The Balaban J connectivity index is 0.00000225. The Kier molecular flexibility index (Phi) is 6.53. The van der Waals surface area contributed by atoms with Crippen LogP contribution in [0, 0.1) is 6.92 Å². The summed E-state index contributed by atoms with van der Waals surface area (Å²) < 4.78 is 5.21. The number of hydrogen-bond acceptors (Lipinski definition) is 3. The van der Waals surface area contributed by atoms with E-state index in [0.29, 0.717) is 6.54 Å². The van der Waals surface area contributed by atoms with E-state index in [1.165, 1.54) is 0 Å². The van der Waals surface area contributed by atoms with Crippen LogP contribution in [0.4, 0.5) is 0 Å². The van der Waals surface area contributed by atoms with Gasteiger partial charge in [-0.05, 0) is 18.6 Å². The van der Waals surface area contributed by atoms with Crippen LogP contribution in [0.5, 0.6) is 5.75 Å². The third kappa shape index (κ3) is 4.08. The Hall–Kier alpha value is -1.26. The van der Waals surface area contributed by atoms with Gasteiger partial charge in [-0.25, -0.2) is 0 Å². The Morgan fingerprint density at radius 2 is 2.19 bits per heavy atom. The number of methoxy groups -OCH3 is 1. The average molecular weight is 245 g/mol. The fourth-order valence-corrected chi connectivity index (χ4v) is 1.26. The van der Waals surface area contributed by atoms with Gasteiger partial charge in [0.25, 0.3) is 0 Å². The molecule has 0 saturated carbocycles. The number of carbonyl (C=O) groups excluding carboxylic acids is 1. The summed E-state index contributed by atoms with van der Waals surface area (Å²) in [6.07, 6.45) is 0. The normalized spacial score (nSPS) is 9.19. The first-order chi connectivity index (χ1) is 7.17. The van der Waals surface area contributed by atoms with Crippen molar-refractivity contribution in [3.63, 3.8) is 0 Å². The van der Waals surface area contributed by atoms with Crippen molar-refractivity contribution in [3.05, 3.63) is 29.3 Å². The molecule has 0 spiro atoms. The third-order valence-corrected chi connectivity index (χ3v) is 2.10. The topological polar surface area (TPSA) is 64.3 Å². The molecule has 0 heterocycles. The molecule has 4 nitrogen and oxygen atoms in total. The molecule has 3 N–H and O–H groups in total. The minimum absolute atomic E-state index is 0. The van der Waals surface area contributed by atoms with E-state index < -0.39 is 0 Å². The minimum Gasteiger partial charge on any atom is -0.496 e. The van der Waals surface area contributed by atoms with E-state index in [1.807, 2.05) is 25.1 Å². The maximum absolute atomic E-state index is 11.0. The van der Waals surface area contributed by atoms with Gasteiger partial charge < -0.3 is 15.8 Å². The predicted octanol–water partition coefficient (Wildman–Crippen LogP) is 1.00. The Morgan fingerprint density at radius 3 is 2.75 bits per heavy atom. The summed E-state index contributed by atoms with van der Waals surface area (Å²) in [5, 5.41) is 2.70. The van der Waals surface area contributed by atoms with E-state index in [1.54, 1.807) is 7.11 Å². The average Bonchev–Trinajstić information content (AvgIpc) is 2.26. The standard InChI is InChI=1S/C11H16N2O2.ClH/c1-8-3-4-9(10(5-8)15-2)7-13-11(14)6-12;/h3-5H,6-7,12H2,1-2H3,(H,13,14);1H. The lowest BCUT2D eigenvalue weighted by molar-refractivity contribution is -0.119. The van der Waals surface area contributed by atoms with Crippen molar-refractivity contribution in [3.8, 4) is 5.75 Å². The first-order valence-corrected chi connectivity index (χ1v) is 4.77. The van der Waals surface area contributed by atoms with Gasteiger partial charge in [0.15, 0.2) is 0 Å². The van der Waals surface area contributed by atoms with Crippen molar-refractivity contribution in [2.75, 3.05) is 13.7 Å². The Labute approximate surface area is 102 Å². The molecule has 0 aliphatic heterocycles. The number of hydrogen-bond donors (Lipinski definition) is 2. The maximum atomic E-state index is 11.0. The van der Waals surface area contributed by atoms with Crippen molar-refractivity contribution in [1.82, 2.24) is 5.32 Å². The highest BCUT2D eigenvalue weighted by molar-refractivity contribution is 5.85. The molecular weight excluding hydrogens is 228 g/mol. The number of ether oxygens (including phenoxy) is 1.